The molecule has 7 nitrogen and oxygen atoms in total. The molecule has 0 saturated carbocycles. The SMILES string of the molecule is O=C(Nc1ccc(Cl)c(-c2nccc3ccsc23)c1)c1ccc(N2CCOCS2(=O)=O)cc1. The van der Waals surface area contributed by atoms with Gasteiger partial charge in [0.2, 0.25) is 0 Å². The van der Waals surface area contributed by atoms with Crippen LogP contribution in [0.25, 0.3) is 21.3 Å². The second-order valence-electron chi connectivity index (χ2n) is 7.40. The van der Waals surface area contributed by atoms with Crippen LogP contribution >= 0.6 is 22.9 Å². The molecule has 1 aliphatic rings. The standard InChI is InChI=1S/C23H18ClN3O4S2/c24-20-6-3-17(13-19(20)21-22-15(7-9-25-21)8-12-32-22)26-23(28)16-1-4-18(5-2-16)27-10-11-31-14-33(27,29)30/h1-9,12-13H,10-11,14H2,(H,26,28). The number of anilines is 2. The van der Waals surface area contributed by atoms with Gasteiger partial charge in [-0.2, -0.15) is 0 Å². The number of halogens is 1. The number of hydrogen-bond donors (Lipinski definition) is 1. The lowest BCUT2D eigenvalue weighted by Crippen LogP contribution is -2.41. The van der Waals surface area contributed by atoms with E-state index in [9.17, 15) is 13.2 Å². The Hall–Kier alpha value is -2.98. The smallest absolute Gasteiger partial charge is 0.259 e. The van der Waals surface area contributed by atoms with Gasteiger partial charge in [-0.1, -0.05) is 11.6 Å². The molecule has 1 N–H and O–H groups in total. The van der Waals surface area contributed by atoms with Gasteiger partial charge in [0.15, 0.2) is 5.94 Å². The highest BCUT2D eigenvalue weighted by molar-refractivity contribution is 7.92. The zero-order valence-corrected chi connectivity index (χ0v) is 19.6. The molecule has 10 heteroatoms. The molecule has 5 rings (SSSR count). The fourth-order valence-corrected chi connectivity index (χ4v) is 6.01. The van der Waals surface area contributed by atoms with Crippen molar-refractivity contribution in [2.45, 2.75) is 0 Å². The molecule has 0 spiro atoms. The van der Waals surface area contributed by atoms with Crippen molar-refractivity contribution >= 4 is 60.3 Å². The normalized spacial score (nSPS) is 15.5. The first-order valence-electron chi connectivity index (χ1n) is 10.0. The molecule has 0 radical (unpaired) electrons. The van der Waals surface area contributed by atoms with Crippen molar-refractivity contribution in [3.63, 3.8) is 0 Å². The molecule has 33 heavy (non-hydrogen) atoms. The number of sulfonamides is 1. The second kappa shape index (κ2) is 8.75. The summed E-state index contributed by atoms with van der Waals surface area (Å²) < 4.78 is 31.7. The summed E-state index contributed by atoms with van der Waals surface area (Å²) >= 11 is 8.04. The molecule has 2 aromatic carbocycles. The summed E-state index contributed by atoms with van der Waals surface area (Å²) in [5, 5.41) is 6.50. The first-order chi connectivity index (χ1) is 15.9. The Labute approximate surface area is 199 Å². The molecule has 1 saturated heterocycles. The van der Waals surface area contributed by atoms with Gasteiger partial charge < -0.3 is 10.1 Å². The molecule has 0 bridgehead atoms. The van der Waals surface area contributed by atoms with E-state index in [0.29, 0.717) is 28.6 Å². The minimum absolute atomic E-state index is 0.243. The highest BCUT2D eigenvalue weighted by Gasteiger charge is 2.26. The Bertz CT molecular complexity index is 1450. The largest absolute Gasteiger partial charge is 0.362 e. The Balaban J connectivity index is 1.38. The number of aromatic nitrogens is 1. The fraction of sp³-hybridized carbons (Fsp3) is 0.130. The number of nitrogens with one attached hydrogen (secondary N) is 1. The van der Waals surface area contributed by atoms with Gasteiger partial charge in [-0.05, 0) is 65.4 Å². The Morgan fingerprint density at radius 3 is 2.73 bits per heavy atom. The van der Waals surface area contributed by atoms with Gasteiger partial charge in [-0.15, -0.1) is 11.3 Å². The second-order valence-corrected chi connectivity index (χ2v) is 10.6. The topological polar surface area (TPSA) is 88.6 Å². The lowest BCUT2D eigenvalue weighted by Gasteiger charge is -2.28. The summed E-state index contributed by atoms with van der Waals surface area (Å²) in [5.74, 6) is -0.663. The summed E-state index contributed by atoms with van der Waals surface area (Å²) in [6.45, 7) is 0.570. The number of nitrogens with zero attached hydrogens (tertiary/aromatic N) is 2. The third kappa shape index (κ3) is 4.32. The molecule has 0 atom stereocenters. The van der Waals surface area contributed by atoms with E-state index in [-0.39, 0.29) is 18.4 Å². The predicted molar refractivity (Wildman–Crippen MR) is 132 cm³/mol. The number of hydrogen-bond acceptors (Lipinski definition) is 6. The van der Waals surface area contributed by atoms with Crippen LogP contribution in [0.2, 0.25) is 5.02 Å². The number of carbonyl (C=O) groups excluding carboxylic acids is 1. The molecule has 0 unspecified atom stereocenters. The van der Waals surface area contributed by atoms with Crippen LogP contribution in [0.4, 0.5) is 11.4 Å². The average Bonchev–Trinajstić information content (AvgIpc) is 3.29. The van der Waals surface area contributed by atoms with Crippen LogP contribution in [0.5, 0.6) is 0 Å². The third-order valence-corrected chi connectivity index (χ3v) is 8.07. The van der Waals surface area contributed by atoms with Crippen molar-refractivity contribution in [3.8, 4) is 11.3 Å². The number of amides is 1. The summed E-state index contributed by atoms with van der Waals surface area (Å²) in [6, 6.07) is 15.7. The number of carbonyl (C=O) groups is 1. The van der Waals surface area contributed by atoms with Crippen molar-refractivity contribution < 1.29 is 17.9 Å². The molecule has 0 aliphatic carbocycles. The summed E-state index contributed by atoms with van der Waals surface area (Å²) in [4.78, 5) is 17.3. The lowest BCUT2D eigenvalue weighted by atomic mass is 10.1. The quantitative estimate of drug-likeness (QED) is 0.427. The highest BCUT2D eigenvalue weighted by atomic mass is 35.5. The molecule has 1 amide bonds. The number of rotatable bonds is 4. The van der Waals surface area contributed by atoms with Gasteiger partial charge in [0.1, 0.15) is 0 Å². The van der Waals surface area contributed by atoms with Crippen LogP contribution in [0.1, 0.15) is 10.4 Å². The van der Waals surface area contributed by atoms with E-state index >= 15 is 0 Å². The van der Waals surface area contributed by atoms with Crippen LogP contribution in [0.15, 0.2) is 66.2 Å². The first-order valence-corrected chi connectivity index (χ1v) is 12.9. The summed E-state index contributed by atoms with van der Waals surface area (Å²) in [6.07, 6.45) is 1.74. The van der Waals surface area contributed by atoms with E-state index in [1.165, 1.54) is 4.31 Å². The highest BCUT2D eigenvalue weighted by Crippen LogP contribution is 2.36. The number of pyridine rings is 1. The van der Waals surface area contributed by atoms with E-state index in [1.807, 2.05) is 17.5 Å². The van der Waals surface area contributed by atoms with Crippen molar-refractivity contribution in [3.05, 3.63) is 76.8 Å². The minimum atomic E-state index is -3.51. The molecular formula is C23H18ClN3O4S2. The molecule has 2 aromatic heterocycles. The van der Waals surface area contributed by atoms with Gasteiger partial charge >= 0.3 is 0 Å². The van der Waals surface area contributed by atoms with Gasteiger partial charge in [0.25, 0.3) is 15.9 Å². The van der Waals surface area contributed by atoms with E-state index in [2.05, 4.69) is 10.3 Å². The zero-order chi connectivity index (χ0) is 23.0. The minimum Gasteiger partial charge on any atom is -0.362 e. The summed E-state index contributed by atoms with van der Waals surface area (Å²) in [5.41, 5.74) is 2.97. The molecule has 168 valence electrons. The predicted octanol–water partition coefficient (Wildman–Crippen LogP) is 4.99. The number of benzene rings is 2. The number of thiophene rings is 1. The fourth-order valence-electron chi connectivity index (χ4n) is 3.66. The maximum Gasteiger partial charge on any atom is 0.259 e. The van der Waals surface area contributed by atoms with Gasteiger partial charge in [-0.25, -0.2) is 8.42 Å². The Morgan fingerprint density at radius 1 is 1.12 bits per heavy atom. The Morgan fingerprint density at radius 2 is 1.94 bits per heavy atom. The van der Waals surface area contributed by atoms with E-state index in [0.717, 1.165) is 21.3 Å². The maximum absolute atomic E-state index is 12.8. The number of fused-ring (bicyclic) bond motifs is 1. The first kappa shape index (κ1) is 21.8. The van der Waals surface area contributed by atoms with E-state index in [4.69, 9.17) is 16.3 Å². The van der Waals surface area contributed by atoms with E-state index < -0.39 is 10.0 Å². The van der Waals surface area contributed by atoms with Crippen molar-refractivity contribution in [2.75, 3.05) is 28.7 Å². The summed E-state index contributed by atoms with van der Waals surface area (Å²) in [7, 11) is -3.51. The van der Waals surface area contributed by atoms with Crippen molar-refractivity contribution in [2.24, 2.45) is 0 Å². The van der Waals surface area contributed by atoms with Crippen molar-refractivity contribution in [1.82, 2.24) is 4.98 Å². The molecule has 1 fully saturated rings. The molecular weight excluding hydrogens is 482 g/mol. The molecule has 3 heterocycles. The van der Waals surface area contributed by atoms with Crippen LogP contribution in [0, 0.1) is 0 Å². The zero-order valence-electron chi connectivity index (χ0n) is 17.2. The van der Waals surface area contributed by atoms with Crippen molar-refractivity contribution in [1.29, 1.82) is 0 Å². The lowest BCUT2D eigenvalue weighted by molar-refractivity contribution is 0.102. The van der Waals surface area contributed by atoms with Crippen LogP contribution in [0.3, 0.4) is 0 Å². The molecule has 1 aliphatic heterocycles. The van der Waals surface area contributed by atoms with Crippen LogP contribution in [-0.2, 0) is 14.8 Å². The number of ether oxygens (including phenoxy) is 1. The van der Waals surface area contributed by atoms with Crippen LogP contribution in [-0.4, -0.2) is 38.4 Å². The van der Waals surface area contributed by atoms with Gasteiger partial charge in [0, 0.05) is 23.0 Å². The van der Waals surface area contributed by atoms with Crippen LogP contribution < -0.4 is 9.62 Å². The molecule has 4 aromatic rings. The average molecular weight is 500 g/mol. The third-order valence-electron chi connectivity index (χ3n) is 5.27. The maximum atomic E-state index is 12.8. The van der Waals surface area contributed by atoms with E-state index in [1.54, 1.807) is 60.0 Å². The van der Waals surface area contributed by atoms with Gasteiger partial charge in [-0.3, -0.25) is 14.1 Å². The van der Waals surface area contributed by atoms with Gasteiger partial charge in [0.05, 0.1) is 34.3 Å². The monoisotopic (exact) mass is 499 g/mol. The Kier molecular flexibility index (Phi) is 5.79.